The normalized spacial score (nSPS) is 19.1. The molecular formula is C11H13F3N2O2S. The van der Waals surface area contributed by atoms with Crippen molar-refractivity contribution in [2.45, 2.75) is 22.9 Å². The van der Waals surface area contributed by atoms with Crippen LogP contribution >= 0.6 is 0 Å². The zero-order chi connectivity index (χ0) is 14.5. The molecule has 1 saturated heterocycles. The molecule has 0 aliphatic carbocycles. The molecule has 0 amide bonds. The first-order chi connectivity index (χ1) is 8.55. The van der Waals surface area contributed by atoms with E-state index in [2.05, 4.69) is 0 Å². The molecule has 0 atom stereocenters. The molecule has 0 aromatic heterocycles. The van der Waals surface area contributed by atoms with Gasteiger partial charge in [-0.1, -0.05) is 12.1 Å². The Morgan fingerprint density at radius 1 is 1.26 bits per heavy atom. The van der Waals surface area contributed by atoms with Crippen molar-refractivity contribution in [3.63, 3.8) is 0 Å². The monoisotopic (exact) mass is 294 g/mol. The molecule has 0 bridgehead atoms. The first-order valence-corrected chi connectivity index (χ1v) is 6.97. The van der Waals surface area contributed by atoms with Crippen LogP contribution in [0.25, 0.3) is 0 Å². The highest BCUT2D eigenvalue weighted by atomic mass is 32.2. The molecule has 8 heteroatoms. The van der Waals surface area contributed by atoms with Gasteiger partial charge in [0.25, 0.3) is 9.84 Å². The van der Waals surface area contributed by atoms with Gasteiger partial charge in [0.2, 0.25) is 0 Å². The van der Waals surface area contributed by atoms with Gasteiger partial charge in [-0.3, -0.25) is 0 Å². The van der Waals surface area contributed by atoms with E-state index < -0.39 is 25.8 Å². The van der Waals surface area contributed by atoms with Crippen LogP contribution in [0.2, 0.25) is 0 Å². The minimum absolute atomic E-state index is 0.0442. The van der Waals surface area contributed by atoms with Crippen molar-refractivity contribution in [2.24, 2.45) is 5.73 Å². The lowest BCUT2D eigenvalue weighted by atomic mass is 9.93. The van der Waals surface area contributed by atoms with E-state index in [-0.39, 0.29) is 5.69 Å². The van der Waals surface area contributed by atoms with Crippen LogP contribution in [0, 0.1) is 0 Å². The van der Waals surface area contributed by atoms with E-state index in [9.17, 15) is 21.6 Å². The van der Waals surface area contributed by atoms with Gasteiger partial charge >= 0.3 is 5.51 Å². The molecule has 1 aromatic carbocycles. The van der Waals surface area contributed by atoms with E-state index in [0.29, 0.717) is 13.1 Å². The Kier molecular flexibility index (Phi) is 3.06. The molecule has 1 fully saturated rings. The summed E-state index contributed by atoms with van der Waals surface area (Å²) in [6.45, 7) is 2.39. The van der Waals surface area contributed by atoms with Crippen LogP contribution in [0.5, 0.6) is 0 Å². The number of hydrogen-bond acceptors (Lipinski definition) is 4. The van der Waals surface area contributed by atoms with E-state index in [1.807, 2.05) is 0 Å². The largest absolute Gasteiger partial charge is 0.501 e. The third-order valence-corrected chi connectivity index (χ3v) is 4.44. The van der Waals surface area contributed by atoms with Crippen LogP contribution in [0.15, 0.2) is 29.2 Å². The number of para-hydroxylation sites is 1. The summed E-state index contributed by atoms with van der Waals surface area (Å²) in [7, 11) is -5.35. The van der Waals surface area contributed by atoms with E-state index in [1.165, 1.54) is 23.1 Å². The number of hydrogen-bond donors (Lipinski definition) is 1. The van der Waals surface area contributed by atoms with Crippen LogP contribution in [-0.2, 0) is 9.84 Å². The summed E-state index contributed by atoms with van der Waals surface area (Å²) < 4.78 is 60.8. The predicted molar refractivity (Wildman–Crippen MR) is 64.5 cm³/mol. The van der Waals surface area contributed by atoms with Gasteiger partial charge in [-0.25, -0.2) is 8.42 Å². The molecule has 0 spiro atoms. The molecule has 0 unspecified atom stereocenters. The first-order valence-electron chi connectivity index (χ1n) is 5.49. The minimum atomic E-state index is -5.35. The van der Waals surface area contributed by atoms with E-state index in [4.69, 9.17) is 5.73 Å². The molecule has 106 valence electrons. The summed E-state index contributed by atoms with van der Waals surface area (Å²) in [6, 6.07) is 5.08. The highest BCUT2D eigenvalue weighted by Gasteiger charge is 2.49. The van der Waals surface area contributed by atoms with Crippen LogP contribution in [0.3, 0.4) is 0 Å². The number of nitrogens with two attached hydrogens (primary N) is 1. The Balaban J connectivity index is 2.44. The Labute approximate surface area is 108 Å². The molecule has 1 heterocycles. The number of rotatable bonds is 2. The van der Waals surface area contributed by atoms with Crippen LogP contribution in [0.4, 0.5) is 18.9 Å². The quantitative estimate of drug-likeness (QED) is 0.898. The van der Waals surface area contributed by atoms with Gasteiger partial charge in [0, 0.05) is 18.6 Å². The molecule has 1 aliphatic rings. The second-order valence-electron chi connectivity index (χ2n) is 4.93. The van der Waals surface area contributed by atoms with Gasteiger partial charge in [-0.05, 0) is 19.1 Å². The second-order valence-corrected chi connectivity index (χ2v) is 6.84. The minimum Gasteiger partial charge on any atom is -0.367 e. The average Bonchev–Trinajstić information content (AvgIpc) is 2.24. The molecule has 0 radical (unpaired) electrons. The van der Waals surface area contributed by atoms with Crippen LogP contribution in [-0.4, -0.2) is 32.6 Å². The maximum Gasteiger partial charge on any atom is 0.501 e. The Bertz CT molecular complexity index is 588. The van der Waals surface area contributed by atoms with Gasteiger partial charge < -0.3 is 10.6 Å². The number of anilines is 1. The van der Waals surface area contributed by atoms with Crippen molar-refractivity contribution in [1.82, 2.24) is 0 Å². The fraction of sp³-hybridized carbons (Fsp3) is 0.455. The Morgan fingerprint density at radius 2 is 1.79 bits per heavy atom. The SMILES string of the molecule is CC1(N)CN(c2ccccc2S(=O)(=O)C(F)(F)F)C1. The number of sulfone groups is 1. The second kappa shape index (κ2) is 4.11. The van der Waals surface area contributed by atoms with Gasteiger partial charge in [-0.15, -0.1) is 0 Å². The number of halogens is 3. The fourth-order valence-electron chi connectivity index (χ4n) is 2.07. The zero-order valence-corrected chi connectivity index (χ0v) is 10.9. The maximum atomic E-state index is 12.6. The Hall–Kier alpha value is -1.28. The number of nitrogens with zero attached hydrogens (tertiary/aromatic N) is 1. The van der Waals surface area contributed by atoms with Crippen molar-refractivity contribution in [3.8, 4) is 0 Å². The van der Waals surface area contributed by atoms with Crippen LogP contribution < -0.4 is 10.6 Å². The summed E-state index contributed by atoms with van der Waals surface area (Å²) in [5.41, 5.74) is 0.0147. The summed E-state index contributed by atoms with van der Waals surface area (Å²) in [5.74, 6) is 0. The van der Waals surface area contributed by atoms with Crippen molar-refractivity contribution in [3.05, 3.63) is 24.3 Å². The summed E-state index contributed by atoms with van der Waals surface area (Å²) >= 11 is 0. The average molecular weight is 294 g/mol. The van der Waals surface area contributed by atoms with E-state index in [1.54, 1.807) is 6.92 Å². The lowest BCUT2D eigenvalue weighted by Gasteiger charge is -2.47. The molecular weight excluding hydrogens is 281 g/mol. The molecule has 2 rings (SSSR count). The Morgan fingerprint density at radius 3 is 2.26 bits per heavy atom. The van der Waals surface area contributed by atoms with E-state index >= 15 is 0 Å². The number of benzene rings is 1. The summed E-state index contributed by atoms with van der Waals surface area (Å²) in [4.78, 5) is 0.802. The van der Waals surface area contributed by atoms with E-state index in [0.717, 1.165) is 6.07 Å². The topological polar surface area (TPSA) is 63.4 Å². The molecule has 1 aliphatic heterocycles. The molecule has 19 heavy (non-hydrogen) atoms. The molecule has 2 N–H and O–H groups in total. The smallest absolute Gasteiger partial charge is 0.367 e. The lowest BCUT2D eigenvalue weighted by Crippen LogP contribution is -2.65. The molecule has 4 nitrogen and oxygen atoms in total. The van der Waals surface area contributed by atoms with Crippen molar-refractivity contribution < 1.29 is 21.6 Å². The number of alkyl halides is 3. The fourth-order valence-corrected chi connectivity index (χ4v) is 3.05. The summed E-state index contributed by atoms with van der Waals surface area (Å²) in [5, 5.41) is 0. The van der Waals surface area contributed by atoms with Crippen molar-refractivity contribution >= 4 is 15.5 Å². The van der Waals surface area contributed by atoms with Gasteiger partial charge in [0.1, 0.15) is 0 Å². The predicted octanol–water partition coefficient (Wildman–Crippen LogP) is 1.52. The van der Waals surface area contributed by atoms with Gasteiger partial charge in [-0.2, -0.15) is 13.2 Å². The van der Waals surface area contributed by atoms with Gasteiger partial charge in [0.05, 0.1) is 10.6 Å². The van der Waals surface area contributed by atoms with Crippen molar-refractivity contribution in [2.75, 3.05) is 18.0 Å². The van der Waals surface area contributed by atoms with Crippen LogP contribution in [0.1, 0.15) is 6.92 Å². The third kappa shape index (κ3) is 2.42. The summed E-state index contributed by atoms with van der Waals surface area (Å²) in [6.07, 6.45) is 0. The highest BCUT2D eigenvalue weighted by molar-refractivity contribution is 7.92. The first kappa shape index (κ1) is 14.1. The zero-order valence-electron chi connectivity index (χ0n) is 10.1. The third-order valence-electron chi connectivity index (χ3n) is 2.90. The highest BCUT2D eigenvalue weighted by Crippen LogP contribution is 2.38. The molecule has 1 aromatic rings. The molecule has 0 saturated carbocycles. The van der Waals surface area contributed by atoms with Crippen molar-refractivity contribution in [1.29, 1.82) is 0 Å². The lowest BCUT2D eigenvalue weighted by molar-refractivity contribution is -0.0435. The van der Waals surface area contributed by atoms with Gasteiger partial charge in [0.15, 0.2) is 0 Å². The maximum absolute atomic E-state index is 12.6. The standard InChI is InChI=1S/C11H13F3N2O2S/c1-10(15)6-16(7-10)8-4-2-3-5-9(8)19(17,18)11(12,13)14/h2-5H,6-7,15H2,1H3.